The van der Waals surface area contributed by atoms with Gasteiger partial charge in [-0.2, -0.15) is 0 Å². The van der Waals surface area contributed by atoms with Crippen molar-refractivity contribution >= 4 is 23.6 Å². The SMILES string of the molecule is CCOC(=O)C1(C(=O)OCC)c2cccn2C(=O)C1C(=O)c1ccc(OC)cc1. The van der Waals surface area contributed by atoms with Crippen LogP contribution in [0.3, 0.4) is 0 Å². The molecule has 8 nitrogen and oxygen atoms in total. The van der Waals surface area contributed by atoms with Crippen molar-refractivity contribution in [1.82, 2.24) is 4.57 Å². The van der Waals surface area contributed by atoms with Crippen LogP contribution < -0.4 is 4.74 Å². The molecule has 8 heteroatoms. The molecule has 1 aliphatic rings. The van der Waals surface area contributed by atoms with E-state index < -0.39 is 35.0 Å². The quantitative estimate of drug-likeness (QED) is 0.399. The molecule has 0 saturated heterocycles. The van der Waals surface area contributed by atoms with Crippen molar-refractivity contribution < 1.29 is 33.4 Å². The molecule has 29 heavy (non-hydrogen) atoms. The van der Waals surface area contributed by atoms with Crippen LogP contribution in [-0.2, 0) is 24.5 Å². The van der Waals surface area contributed by atoms with Gasteiger partial charge in [0.05, 0.1) is 26.0 Å². The van der Waals surface area contributed by atoms with Gasteiger partial charge in [-0.05, 0) is 50.2 Å². The smallest absolute Gasteiger partial charge is 0.330 e. The number of hydrogen-bond donors (Lipinski definition) is 0. The summed E-state index contributed by atoms with van der Waals surface area (Å²) in [4.78, 5) is 52.6. The van der Waals surface area contributed by atoms with Crippen molar-refractivity contribution in [3.63, 3.8) is 0 Å². The molecule has 152 valence electrons. The van der Waals surface area contributed by atoms with Gasteiger partial charge in [-0.1, -0.05) is 0 Å². The molecule has 1 aromatic heterocycles. The van der Waals surface area contributed by atoms with Gasteiger partial charge in [0.25, 0.3) is 0 Å². The molecule has 0 fully saturated rings. The van der Waals surface area contributed by atoms with E-state index in [4.69, 9.17) is 14.2 Å². The van der Waals surface area contributed by atoms with E-state index >= 15 is 0 Å². The molecular weight excluding hydrogens is 378 g/mol. The first-order valence-electron chi connectivity index (χ1n) is 9.18. The van der Waals surface area contributed by atoms with E-state index in [9.17, 15) is 19.2 Å². The number of methoxy groups -OCH3 is 1. The second-order valence-electron chi connectivity index (χ2n) is 6.38. The zero-order chi connectivity index (χ0) is 21.2. The molecule has 0 saturated carbocycles. The summed E-state index contributed by atoms with van der Waals surface area (Å²) in [7, 11) is 1.48. The molecule has 0 aliphatic carbocycles. The summed E-state index contributed by atoms with van der Waals surface area (Å²) in [5, 5.41) is 0. The molecular formula is C21H21NO7. The van der Waals surface area contributed by atoms with Gasteiger partial charge >= 0.3 is 11.9 Å². The Morgan fingerprint density at radius 3 is 2.10 bits per heavy atom. The minimum Gasteiger partial charge on any atom is -0.497 e. The van der Waals surface area contributed by atoms with Crippen LogP contribution in [0.25, 0.3) is 0 Å². The molecule has 0 bridgehead atoms. The monoisotopic (exact) mass is 399 g/mol. The van der Waals surface area contributed by atoms with E-state index in [1.807, 2.05) is 0 Å². The second-order valence-corrected chi connectivity index (χ2v) is 6.38. The average Bonchev–Trinajstić information content (AvgIpc) is 3.29. The Kier molecular flexibility index (Phi) is 5.54. The molecule has 3 rings (SSSR count). The van der Waals surface area contributed by atoms with Gasteiger partial charge in [0, 0.05) is 11.8 Å². The zero-order valence-electron chi connectivity index (χ0n) is 16.3. The minimum absolute atomic E-state index is 0.0294. The number of esters is 2. The van der Waals surface area contributed by atoms with Crippen molar-refractivity contribution in [2.75, 3.05) is 20.3 Å². The minimum atomic E-state index is -2.20. The van der Waals surface area contributed by atoms with Crippen LogP contribution in [0, 0.1) is 5.92 Å². The highest BCUT2D eigenvalue weighted by Crippen LogP contribution is 2.44. The summed E-state index contributed by atoms with van der Waals surface area (Å²) < 4.78 is 16.5. The van der Waals surface area contributed by atoms with Crippen molar-refractivity contribution in [2.24, 2.45) is 5.92 Å². The fourth-order valence-corrected chi connectivity index (χ4v) is 3.62. The van der Waals surface area contributed by atoms with Crippen LogP contribution in [0.5, 0.6) is 5.75 Å². The van der Waals surface area contributed by atoms with Crippen molar-refractivity contribution in [1.29, 1.82) is 0 Å². The Labute approximate surface area is 167 Å². The first kappa shape index (κ1) is 20.3. The molecule has 0 radical (unpaired) electrons. The van der Waals surface area contributed by atoms with E-state index in [0.29, 0.717) is 5.75 Å². The summed E-state index contributed by atoms with van der Waals surface area (Å²) >= 11 is 0. The Morgan fingerprint density at radius 2 is 1.59 bits per heavy atom. The van der Waals surface area contributed by atoms with Crippen LogP contribution in [0.4, 0.5) is 0 Å². The lowest BCUT2D eigenvalue weighted by Gasteiger charge is -2.28. The number of Topliss-reactive ketones (excluding diaryl/α,β-unsaturated/α-hetero) is 1. The van der Waals surface area contributed by atoms with Crippen molar-refractivity contribution in [2.45, 2.75) is 19.3 Å². The normalized spacial score (nSPS) is 16.8. The number of carbonyl (C=O) groups is 4. The third-order valence-corrected chi connectivity index (χ3v) is 4.90. The first-order chi connectivity index (χ1) is 13.9. The van der Waals surface area contributed by atoms with Gasteiger partial charge in [-0.25, -0.2) is 0 Å². The first-order valence-corrected chi connectivity index (χ1v) is 9.18. The standard InChI is InChI=1S/C21H21NO7/c1-4-28-19(25)21(20(26)29-5-2)15-7-6-12-22(15)18(24)16(21)17(23)13-8-10-14(27-3)11-9-13/h6-12,16H,4-5H2,1-3H3. The lowest BCUT2D eigenvalue weighted by atomic mass is 9.71. The maximum Gasteiger partial charge on any atom is 0.330 e. The number of nitrogens with zero attached hydrogens (tertiary/aromatic N) is 1. The Hall–Kier alpha value is -3.42. The summed E-state index contributed by atoms with van der Waals surface area (Å²) in [5.74, 6) is -4.46. The molecule has 2 heterocycles. The lowest BCUT2D eigenvalue weighted by molar-refractivity contribution is -0.166. The highest BCUT2D eigenvalue weighted by molar-refractivity contribution is 6.24. The number of carbonyl (C=O) groups excluding carboxylic acids is 4. The zero-order valence-corrected chi connectivity index (χ0v) is 16.3. The van der Waals surface area contributed by atoms with Gasteiger partial charge in [0.2, 0.25) is 11.3 Å². The van der Waals surface area contributed by atoms with Gasteiger partial charge in [0.15, 0.2) is 5.78 Å². The van der Waals surface area contributed by atoms with Gasteiger partial charge in [-0.3, -0.25) is 23.7 Å². The number of hydrogen-bond acceptors (Lipinski definition) is 7. The summed E-state index contributed by atoms with van der Waals surface area (Å²) in [5.41, 5.74) is -1.98. The molecule has 0 amide bonds. The largest absolute Gasteiger partial charge is 0.497 e. The van der Waals surface area contributed by atoms with E-state index in [1.165, 1.54) is 37.6 Å². The molecule has 1 aliphatic heterocycles. The molecule has 2 aromatic rings. The van der Waals surface area contributed by atoms with E-state index in [2.05, 4.69) is 0 Å². The fraction of sp³-hybridized carbons (Fsp3) is 0.333. The Morgan fingerprint density at radius 1 is 1.00 bits per heavy atom. The molecule has 0 spiro atoms. The summed E-state index contributed by atoms with van der Waals surface area (Å²) in [6.45, 7) is 3.09. The summed E-state index contributed by atoms with van der Waals surface area (Å²) in [6, 6.07) is 9.04. The third kappa shape index (κ3) is 3.00. The predicted octanol–water partition coefficient (Wildman–Crippen LogP) is 2.01. The maximum atomic E-state index is 13.4. The molecule has 0 N–H and O–H groups in total. The highest BCUT2D eigenvalue weighted by atomic mass is 16.6. The van der Waals surface area contributed by atoms with Crippen LogP contribution in [0.1, 0.15) is 34.7 Å². The number of aromatic nitrogens is 1. The van der Waals surface area contributed by atoms with E-state index in [1.54, 1.807) is 26.0 Å². The van der Waals surface area contributed by atoms with Gasteiger partial charge in [-0.15, -0.1) is 0 Å². The van der Waals surface area contributed by atoms with Crippen LogP contribution in [0.2, 0.25) is 0 Å². The van der Waals surface area contributed by atoms with Crippen LogP contribution >= 0.6 is 0 Å². The van der Waals surface area contributed by atoms with E-state index in [-0.39, 0.29) is 24.5 Å². The fourth-order valence-electron chi connectivity index (χ4n) is 3.62. The molecule has 1 aromatic carbocycles. The molecule has 1 unspecified atom stereocenters. The number of fused-ring (bicyclic) bond motifs is 1. The van der Waals surface area contributed by atoms with Gasteiger partial charge in [0.1, 0.15) is 11.7 Å². The average molecular weight is 399 g/mol. The molecule has 1 atom stereocenters. The van der Waals surface area contributed by atoms with Crippen molar-refractivity contribution in [3.05, 3.63) is 53.9 Å². The van der Waals surface area contributed by atoms with Crippen LogP contribution in [0.15, 0.2) is 42.6 Å². The second kappa shape index (κ2) is 7.90. The summed E-state index contributed by atoms with van der Waals surface area (Å²) in [6.07, 6.45) is 1.41. The maximum absolute atomic E-state index is 13.4. The third-order valence-electron chi connectivity index (χ3n) is 4.90. The van der Waals surface area contributed by atoms with Gasteiger partial charge < -0.3 is 14.2 Å². The van der Waals surface area contributed by atoms with Crippen LogP contribution in [-0.4, -0.2) is 48.5 Å². The topological polar surface area (TPSA) is 101 Å². The number of rotatable bonds is 7. The Balaban J connectivity index is 2.19. The number of ether oxygens (including phenoxy) is 3. The Bertz CT molecular complexity index is 940. The lowest BCUT2D eigenvalue weighted by Crippen LogP contribution is -2.53. The predicted molar refractivity (Wildman–Crippen MR) is 101 cm³/mol. The number of benzene rings is 1. The number of ketones is 1. The van der Waals surface area contributed by atoms with Crippen molar-refractivity contribution in [3.8, 4) is 5.75 Å². The van der Waals surface area contributed by atoms with E-state index in [0.717, 1.165) is 4.57 Å². The highest BCUT2D eigenvalue weighted by Gasteiger charge is 2.67.